The first-order valence-corrected chi connectivity index (χ1v) is 14.9. The molecule has 1 saturated heterocycles. The van der Waals surface area contributed by atoms with Gasteiger partial charge >= 0.3 is 5.97 Å². The minimum Gasteiger partial charge on any atom is -0.488 e. The maximum atomic E-state index is 14.2. The quantitative estimate of drug-likeness (QED) is 0.530. The SMILES string of the molecule is Cn1cccc(COc2ccc(Cl)c3c2C(CN2CC4(CC4)CC2=O)N(C(=O)C2CCCCC2C(=O)O)CC3)c1=O. The molecule has 1 aromatic carbocycles. The van der Waals surface area contributed by atoms with Crippen molar-refractivity contribution in [2.45, 2.75) is 64.0 Å². The number of nitrogens with zero attached hydrogens (tertiary/aromatic N) is 3. The van der Waals surface area contributed by atoms with Crippen LogP contribution in [0, 0.1) is 17.3 Å². The second-order valence-electron chi connectivity index (χ2n) is 12.3. The molecule has 1 aromatic heterocycles. The standard InChI is InChI=1S/C31H36ClN3O6/c1-33-13-4-5-19(28(33)37)17-41-25-9-8-23(32)22-10-14-35(29(38)20-6-2-3-7-21(20)30(39)40)24(27(22)25)16-34-18-31(11-12-31)15-26(34)36/h4-5,8-9,13,20-21,24H,2-3,6-7,10-12,14-18H2,1H3,(H,39,40). The maximum Gasteiger partial charge on any atom is 0.307 e. The number of carbonyl (C=O) groups is 3. The third-order valence-corrected chi connectivity index (χ3v) is 9.95. The summed E-state index contributed by atoms with van der Waals surface area (Å²) in [7, 11) is 1.69. The van der Waals surface area contributed by atoms with E-state index in [0.717, 1.165) is 36.8 Å². The molecule has 1 spiro atoms. The highest BCUT2D eigenvalue weighted by Crippen LogP contribution is 2.54. The average molecular weight is 582 g/mol. The summed E-state index contributed by atoms with van der Waals surface area (Å²) < 4.78 is 7.78. The fraction of sp³-hybridized carbons (Fsp3) is 0.548. The molecular weight excluding hydrogens is 546 g/mol. The van der Waals surface area contributed by atoms with Gasteiger partial charge in [0.05, 0.1) is 23.4 Å². The van der Waals surface area contributed by atoms with Crippen molar-refractivity contribution < 1.29 is 24.2 Å². The Kier molecular flexibility index (Phi) is 7.34. The van der Waals surface area contributed by atoms with Crippen molar-refractivity contribution in [3.8, 4) is 5.75 Å². The Labute approximate surface area is 244 Å². The third kappa shape index (κ3) is 5.25. The van der Waals surface area contributed by atoms with E-state index in [1.54, 1.807) is 42.4 Å². The number of hydrogen-bond donors (Lipinski definition) is 1. The Morgan fingerprint density at radius 1 is 1.12 bits per heavy atom. The number of pyridine rings is 1. The van der Waals surface area contributed by atoms with Crippen LogP contribution < -0.4 is 10.3 Å². The van der Waals surface area contributed by atoms with E-state index in [1.165, 1.54) is 4.57 Å². The molecule has 4 aliphatic rings. The van der Waals surface area contributed by atoms with Crippen molar-refractivity contribution >= 4 is 29.4 Å². The molecule has 41 heavy (non-hydrogen) atoms. The topological polar surface area (TPSA) is 109 Å². The predicted molar refractivity (Wildman–Crippen MR) is 152 cm³/mol. The van der Waals surface area contributed by atoms with E-state index >= 15 is 0 Å². The number of ether oxygens (including phenoxy) is 1. The molecule has 2 amide bonds. The molecule has 0 radical (unpaired) electrons. The van der Waals surface area contributed by atoms with Gasteiger partial charge in [0.15, 0.2) is 0 Å². The van der Waals surface area contributed by atoms with E-state index in [-0.39, 0.29) is 29.4 Å². The van der Waals surface area contributed by atoms with E-state index < -0.39 is 23.8 Å². The lowest BCUT2D eigenvalue weighted by Crippen LogP contribution is -2.50. The summed E-state index contributed by atoms with van der Waals surface area (Å²) in [5, 5.41) is 10.5. The van der Waals surface area contributed by atoms with Gasteiger partial charge in [-0.05, 0) is 67.3 Å². The van der Waals surface area contributed by atoms with Crippen LogP contribution in [0.25, 0.3) is 0 Å². The molecule has 10 heteroatoms. The number of rotatable bonds is 7. The number of carbonyl (C=O) groups excluding carboxylic acids is 2. The van der Waals surface area contributed by atoms with Gasteiger partial charge in [-0.25, -0.2) is 0 Å². The lowest BCUT2D eigenvalue weighted by atomic mass is 9.77. The Morgan fingerprint density at radius 2 is 1.88 bits per heavy atom. The Bertz CT molecular complexity index is 1450. The number of aromatic nitrogens is 1. The number of halogens is 1. The van der Waals surface area contributed by atoms with Gasteiger partial charge in [0.1, 0.15) is 12.4 Å². The number of fused-ring (bicyclic) bond motifs is 1. The minimum atomic E-state index is -0.932. The first-order chi connectivity index (χ1) is 19.7. The first-order valence-electron chi connectivity index (χ1n) is 14.6. The fourth-order valence-corrected chi connectivity index (χ4v) is 7.34. The number of likely N-dealkylation sites (tertiary alicyclic amines) is 1. The van der Waals surface area contributed by atoms with Crippen molar-refractivity contribution in [1.29, 1.82) is 0 Å². The summed E-state index contributed by atoms with van der Waals surface area (Å²) in [6.45, 7) is 1.39. The number of carboxylic acids is 1. The van der Waals surface area contributed by atoms with Crippen LogP contribution in [0.2, 0.25) is 5.02 Å². The number of carboxylic acid groups (broad SMARTS) is 1. The van der Waals surface area contributed by atoms with Crippen molar-refractivity contribution in [3.63, 3.8) is 0 Å². The van der Waals surface area contributed by atoms with Gasteiger partial charge < -0.3 is 24.2 Å². The van der Waals surface area contributed by atoms with E-state index in [2.05, 4.69) is 0 Å². The predicted octanol–water partition coefficient (Wildman–Crippen LogP) is 3.95. The molecule has 3 fully saturated rings. The van der Waals surface area contributed by atoms with Crippen molar-refractivity contribution in [2.75, 3.05) is 19.6 Å². The molecule has 3 heterocycles. The van der Waals surface area contributed by atoms with Gasteiger partial charge in [0.2, 0.25) is 11.8 Å². The van der Waals surface area contributed by atoms with Gasteiger partial charge in [-0.3, -0.25) is 19.2 Å². The van der Waals surface area contributed by atoms with Crippen LogP contribution in [0.15, 0.2) is 35.3 Å². The zero-order valence-corrected chi connectivity index (χ0v) is 24.1. The summed E-state index contributed by atoms with van der Waals surface area (Å²) in [5.74, 6) is -1.83. The summed E-state index contributed by atoms with van der Waals surface area (Å²) in [5.41, 5.74) is 2.01. The number of aliphatic carboxylic acids is 1. The van der Waals surface area contributed by atoms with Crippen LogP contribution in [0.4, 0.5) is 0 Å². The Hall–Kier alpha value is -3.33. The maximum absolute atomic E-state index is 14.2. The minimum absolute atomic E-state index is 0.0394. The number of amides is 2. The van der Waals surface area contributed by atoms with Crippen molar-refractivity contribution in [2.24, 2.45) is 24.3 Å². The van der Waals surface area contributed by atoms with E-state index in [1.807, 2.05) is 4.90 Å². The summed E-state index contributed by atoms with van der Waals surface area (Å²) in [6, 6.07) is 6.52. The smallest absolute Gasteiger partial charge is 0.307 e. The first kappa shape index (κ1) is 27.8. The number of hydrogen-bond acceptors (Lipinski definition) is 5. The van der Waals surface area contributed by atoms with Crippen LogP contribution in [-0.2, 0) is 34.5 Å². The Morgan fingerprint density at radius 3 is 2.59 bits per heavy atom. The highest BCUT2D eigenvalue weighted by molar-refractivity contribution is 6.31. The summed E-state index contributed by atoms with van der Waals surface area (Å²) >= 11 is 6.71. The highest BCUT2D eigenvalue weighted by Gasteiger charge is 2.53. The molecule has 2 aromatic rings. The largest absolute Gasteiger partial charge is 0.488 e. The van der Waals surface area contributed by atoms with Crippen molar-refractivity contribution in [3.05, 3.63) is 62.5 Å². The molecule has 2 aliphatic heterocycles. The molecule has 218 valence electrons. The second-order valence-corrected chi connectivity index (χ2v) is 12.7. The van der Waals surface area contributed by atoms with Gasteiger partial charge in [0, 0.05) is 49.9 Å². The van der Waals surface area contributed by atoms with Crippen LogP contribution in [-0.4, -0.2) is 56.9 Å². The lowest BCUT2D eigenvalue weighted by Gasteiger charge is -2.43. The highest BCUT2D eigenvalue weighted by atomic mass is 35.5. The number of aryl methyl sites for hydroxylation is 1. The normalized spacial score (nSPS) is 24.8. The Balaban J connectivity index is 1.37. The van der Waals surface area contributed by atoms with Crippen LogP contribution in [0.5, 0.6) is 5.75 Å². The van der Waals surface area contributed by atoms with Crippen molar-refractivity contribution in [1.82, 2.24) is 14.4 Å². The van der Waals surface area contributed by atoms with Crippen LogP contribution in [0.1, 0.15) is 67.7 Å². The van der Waals surface area contributed by atoms with Crippen LogP contribution in [0.3, 0.4) is 0 Å². The third-order valence-electron chi connectivity index (χ3n) is 9.60. The average Bonchev–Trinajstić information content (AvgIpc) is 3.64. The molecule has 3 atom stereocenters. The van der Waals surface area contributed by atoms with E-state index in [0.29, 0.717) is 61.7 Å². The van der Waals surface area contributed by atoms with Gasteiger partial charge in [-0.1, -0.05) is 24.4 Å². The monoisotopic (exact) mass is 581 g/mol. The fourth-order valence-electron chi connectivity index (χ4n) is 7.08. The zero-order valence-electron chi connectivity index (χ0n) is 23.3. The summed E-state index contributed by atoms with van der Waals surface area (Å²) in [4.78, 5) is 55.7. The molecule has 0 bridgehead atoms. The molecule has 9 nitrogen and oxygen atoms in total. The molecule has 2 aliphatic carbocycles. The molecule has 1 N–H and O–H groups in total. The molecule has 2 saturated carbocycles. The second kappa shape index (κ2) is 10.8. The summed E-state index contributed by atoms with van der Waals surface area (Å²) in [6.07, 6.45) is 7.41. The van der Waals surface area contributed by atoms with E-state index in [9.17, 15) is 24.3 Å². The molecular formula is C31H36ClN3O6. The van der Waals surface area contributed by atoms with E-state index in [4.69, 9.17) is 16.3 Å². The number of benzene rings is 1. The van der Waals surface area contributed by atoms with Gasteiger partial charge in [-0.2, -0.15) is 0 Å². The zero-order chi connectivity index (χ0) is 28.9. The van der Waals surface area contributed by atoms with Gasteiger partial charge in [0.25, 0.3) is 5.56 Å². The van der Waals surface area contributed by atoms with Gasteiger partial charge in [-0.15, -0.1) is 0 Å². The molecule has 3 unspecified atom stereocenters. The van der Waals surface area contributed by atoms with Crippen LogP contribution >= 0.6 is 11.6 Å². The lowest BCUT2D eigenvalue weighted by molar-refractivity contribution is -0.154. The molecule has 6 rings (SSSR count).